The Morgan fingerprint density at radius 2 is 1.44 bits per heavy atom. The van der Waals surface area contributed by atoms with Gasteiger partial charge in [0.1, 0.15) is 0 Å². The van der Waals surface area contributed by atoms with E-state index in [4.69, 9.17) is 4.98 Å². The van der Waals surface area contributed by atoms with Gasteiger partial charge in [-0.2, -0.15) is 0 Å². The molecule has 0 amide bonds. The molecule has 1 heterocycles. The third-order valence-electron chi connectivity index (χ3n) is 5.59. The van der Waals surface area contributed by atoms with Crippen LogP contribution in [0.5, 0.6) is 0 Å². The molecule has 2 nitrogen and oxygen atoms in total. The van der Waals surface area contributed by atoms with Gasteiger partial charge in [-0.1, -0.05) is 57.1 Å². The molecule has 0 atom stereocenters. The Hall–Kier alpha value is -0.230. The molecule has 0 aliphatic heterocycles. The standard InChI is InChI=1S/C20H28N2S3/c1-2-4-10-16(11-5-3-1)22(17-12-6-7-13-17)25-24-20-21-18-14-8-9-15-19(18)23-20/h8-9,14-17H,1-7,10-13H2. The highest BCUT2D eigenvalue weighted by atomic mass is 33.1. The second-order valence-corrected chi connectivity index (χ2v) is 10.8. The average molecular weight is 393 g/mol. The summed E-state index contributed by atoms with van der Waals surface area (Å²) in [6, 6.07) is 10.1. The molecule has 2 saturated carbocycles. The number of fused-ring (bicyclic) bond motifs is 1. The number of aromatic nitrogens is 1. The van der Waals surface area contributed by atoms with Gasteiger partial charge in [-0.3, -0.25) is 0 Å². The largest absolute Gasteiger partial charge is 0.235 e. The van der Waals surface area contributed by atoms with E-state index in [0.29, 0.717) is 0 Å². The minimum Gasteiger partial charge on any atom is -0.235 e. The van der Waals surface area contributed by atoms with Gasteiger partial charge in [-0.25, -0.2) is 9.29 Å². The molecule has 136 valence electrons. The zero-order valence-electron chi connectivity index (χ0n) is 14.9. The Kier molecular flexibility index (Phi) is 6.62. The van der Waals surface area contributed by atoms with Crippen LogP contribution in [0.25, 0.3) is 10.2 Å². The molecule has 2 fully saturated rings. The zero-order valence-corrected chi connectivity index (χ0v) is 17.3. The Balaban J connectivity index is 1.45. The third-order valence-corrected chi connectivity index (χ3v) is 9.53. The van der Waals surface area contributed by atoms with E-state index in [0.717, 1.165) is 17.6 Å². The Morgan fingerprint density at radius 1 is 0.840 bits per heavy atom. The monoisotopic (exact) mass is 392 g/mol. The van der Waals surface area contributed by atoms with Crippen LogP contribution >= 0.6 is 33.1 Å². The zero-order chi connectivity index (χ0) is 16.9. The second kappa shape index (κ2) is 9.12. The van der Waals surface area contributed by atoms with Gasteiger partial charge in [0.25, 0.3) is 0 Å². The second-order valence-electron chi connectivity index (χ2n) is 7.40. The van der Waals surface area contributed by atoms with Crippen molar-refractivity contribution in [3.05, 3.63) is 24.3 Å². The predicted octanol–water partition coefficient (Wildman–Crippen LogP) is 7.31. The van der Waals surface area contributed by atoms with Gasteiger partial charge in [0, 0.05) is 12.1 Å². The molecule has 4 rings (SSSR count). The molecule has 2 aliphatic rings. The van der Waals surface area contributed by atoms with Crippen molar-refractivity contribution in [2.75, 3.05) is 0 Å². The van der Waals surface area contributed by atoms with E-state index >= 15 is 0 Å². The van der Waals surface area contributed by atoms with E-state index in [1.807, 2.05) is 33.1 Å². The number of thiazole rings is 1. The molecule has 2 aromatic rings. The van der Waals surface area contributed by atoms with E-state index in [2.05, 4.69) is 28.6 Å². The van der Waals surface area contributed by atoms with Crippen molar-refractivity contribution in [3.8, 4) is 0 Å². The topological polar surface area (TPSA) is 16.1 Å². The molecule has 0 spiro atoms. The summed E-state index contributed by atoms with van der Waals surface area (Å²) in [4.78, 5) is 4.82. The lowest BCUT2D eigenvalue weighted by Gasteiger charge is -2.35. The Bertz CT molecular complexity index is 625. The maximum Gasteiger partial charge on any atom is 0.162 e. The smallest absolute Gasteiger partial charge is 0.162 e. The summed E-state index contributed by atoms with van der Waals surface area (Å²) in [6.45, 7) is 0. The van der Waals surface area contributed by atoms with Crippen molar-refractivity contribution in [2.45, 2.75) is 87.1 Å². The summed E-state index contributed by atoms with van der Waals surface area (Å²) in [5, 5.41) is 0. The van der Waals surface area contributed by atoms with Crippen molar-refractivity contribution in [1.82, 2.24) is 9.29 Å². The lowest BCUT2D eigenvalue weighted by molar-refractivity contribution is 0.235. The highest BCUT2D eigenvalue weighted by Crippen LogP contribution is 2.44. The summed E-state index contributed by atoms with van der Waals surface area (Å²) >= 11 is 1.84. The van der Waals surface area contributed by atoms with Crippen LogP contribution in [0.4, 0.5) is 0 Å². The van der Waals surface area contributed by atoms with Crippen LogP contribution in [0.1, 0.15) is 70.6 Å². The van der Waals surface area contributed by atoms with Crippen LogP contribution < -0.4 is 0 Å². The average Bonchev–Trinajstić information content (AvgIpc) is 3.25. The minimum atomic E-state index is 0.773. The molecule has 0 bridgehead atoms. The van der Waals surface area contributed by atoms with E-state index < -0.39 is 0 Å². The highest BCUT2D eigenvalue weighted by molar-refractivity contribution is 8.76. The first kappa shape index (κ1) is 18.1. The number of hydrogen-bond acceptors (Lipinski definition) is 5. The lowest BCUT2D eigenvalue weighted by atomic mass is 9.96. The van der Waals surface area contributed by atoms with Crippen LogP contribution in [-0.2, 0) is 0 Å². The Labute approximate surface area is 163 Å². The fourth-order valence-corrected chi connectivity index (χ4v) is 8.15. The molecule has 0 unspecified atom stereocenters. The van der Waals surface area contributed by atoms with Gasteiger partial charge in [0.2, 0.25) is 0 Å². The maximum absolute atomic E-state index is 4.82. The minimum absolute atomic E-state index is 0.773. The summed E-state index contributed by atoms with van der Waals surface area (Å²) in [7, 11) is 3.90. The van der Waals surface area contributed by atoms with Gasteiger partial charge < -0.3 is 0 Å². The molecular weight excluding hydrogens is 364 g/mol. The molecule has 25 heavy (non-hydrogen) atoms. The van der Waals surface area contributed by atoms with Crippen molar-refractivity contribution in [1.29, 1.82) is 0 Å². The van der Waals surface area contributed by atoms with Crippen LogP contribution in [-0.4, -0.2) is 21.4 Å². The number of nitrogens with zero attached hydrogens (tertiary/aromatic N) is 2. The van der Waals surface area contributed by atoms with Gasteiger partial charge in [-0.15, -0.1) is 11.3 Å². The molecule has 0 saturated heterocycles. The number of benzene rings is 1. The third kappa shape index (κ3) is 4.74. The lowest BCUT2D eigenvalue weighted by Crippen LogP contribution is -2.36. The molecule has 1 aromatic heterocycles. The highest BCUT2D eigenvalue weighted by Gasteiger charge is 2.30. The van der Waals surface area contributed by atoms with Crippen LogP contribution in [0, 0.1) is 0 Å². The summed E-state index contributed by atoms with van der Waals surface area (Å²) in [5.74, 6) is 0. The first-order valence-electron chi connectivity index (χ1n) is 9.89. The molecular formula is C20H28N2S3. The normalized spacial score (nSPS) is 21.0. The Morgan fingerprint density at radius 3 is 2.12 bits per heavy atom. The van der Waals surface area contributed by atoms with Crippen molar-refractivity contribution in [2.24, 2.45) is 0 Å². The quantitative estimate of drug-likeness (QED) is 0.391. The molecule has 1 aromatic carbocycles. The summed E-state index contributed by atoms with van der Waals surface area (Å²) in [5.41, 5.74) is 1.15. The first-order valence-corrected chi connectivity index (χ1v) is 12.8. The van der Waals surface area contributed by atoms with Gasteiger partial charge in [-0.05, 0) is 59.6 Å². The van der Waals surface area contributed by atoms with Crippen molar-refractivity contribution in [3.63, 3.8) is 0 Å². The van der Waals surface area contributed by atoms with E-state index in [1.165, 1.54) is 79.7 Å². The van der Waals surface area contributed by atoms with Gasteiger partial charge >= 0.3 is 0 Å². The number of hydrogen-bond donors (Lipinski definition) is 0. The SMILES string of the molecule is c1ccc2sc(SSN(C3CCCCCCC3)C3CCCC3)nc2c1. The maximum atomic E-state index is 4.82. The summed E-state index contributed by atoms with van der Waals surface area (Å²) < 4.78 is 5.32. The van der Waals surface area contributed by atoms with Crippen LogP contribution in [0.3, 0.4) is 0 Å². The van der Waals surface area contributed by atoms with E-state index in [1.54, 1.807) is 0 Å². The molecule has 2 aliphatic carbocycles. The van der Waals surface area contributed by atoms with E-state index in [9.17, 15) is 0 Å². The fourth-order valence-electron chi connectivity index (χ4n) is 4.23. The van der Waals surface area contributed by atoms with Crippen molar-refractivity contribution < 1.29 is 0 Å². The van der Waals surface area contributed by atoms with Gasteiger partial charge in [0.15, 0.2) is 4.34 Å². The first-order chi connectivity index (χ1) is 12.4. The summed E-state index contributed by atoms with van der Waals surface area (Å²) in [6.07, 6.45) is 15.6. The van der Waals surface area contributed by atoms with Crippen LogP contribution in [0.2, 0.25) is 0 Å². The van der Waals surface area contributed by atoms with Crippen LogP contribution in [0.15, 0.2) is 28.6 Å². The predicted molar refractivity (Wildman–Crippen MR) is 113 cm³/mol. The molecule has 0 N–H and O–H groups in total. The number of rotatable bonds is 5. The van der Waals surface area contributed by atoms with Crippen molar-refractivity contribution >= 4 is 43.3 Å². The fraction of sp³-hybridized carbons (Fsp3) is 0.650. The number of para-hydroxylation sites is 1. The van der Waals surface area contributed by atoms with Gasteiger partial charge in [0.05, 0.1) is 10.2 Å². The molecule has 0 radical (unpaired) electrons. The van der Waals surface area contributed by atoms with E-state index in [-0.39, 0.29) is 0 Å². The molecule has 5 heteroatoms.